The molecule has 2 aromatic carbocycles. The molecule has 0 saturated carbocycles. The smallest absolute Gasteiger partial charge is 0.407 e. The molecule has 0 bridgehead atoms. The molecule has 0 unspecified atom stereocenters. The van der Waals surface area contributed by atoms with Gasteiger partial charge in [-0.2, -0.15) is 0 Å². The van der Waals surface area contributed by atoms with Crippen LogP contribution in [0.2, 0.25) is 0 Å². The molecule has 3 amide bonds. The fourth-order valence-electron chi connectivity index (χ4n) is 4.09. The summed E-state index contributed by atoms with van der Waals surface area (Å²) in [6, 6.07) is 5.56. The largest absolute Gasteiger partial charge is 0.492 e. The average molecular weight is 473 g/mol. The first-order valence-corrected chi connectivity index (χ1v) is 11.1. The Morgan fingerprint density at radius 2 is 1.97 bits per heavy atom. The Morgan fingerprint density at radius 3 is 2.74 bits per heavy atom. The van der Waals surface area contributed by atoms with Crippen LogP contribution in [0.5, 0.6) is 5.75 Å². The number of carbonyl (C=O) groups is 3. The first-order valence-electron chi connectivity index (χ1n) is 11.1. The standard InChI is InChI=1S/C24H25F2N3O5/c1-13-11-14(5-7-17(13)25)28-23(31)16-6-8-18(26)21-19(9-10-33-22(16)21)29-24(32)34-12-15-3-2-4-20(30)27-15/h5-8,11,15,19H,2-4,9-10,12H2,1H3,(H,27,30)(H,28,31)(H,29,32)/t15-,19+/m1/s1. The molecule has 2 aliphatic heterocycles. The van der Waals surface area contributed by atoms with E-state index in [1.807, 2.05) is 0 Å². The van der Waals surface area contributed by atoms with Crippen LogP contribution in [0.4, 0.5) is 19.3 Å². The van der Waals surface area contributed by atoms with Gasteiger partial charge in [-0.1, -0.05) is 0 Å². The van der Waals surface area contributed by atoms with Crippen LogP contribution in [0.25, 0.3) is 0 Å². The zero-order valence-electron chi connectivity index (χ0n) is 18.6. The second kappa shape index (κ2) is 10.1. The third kappa shape index (κ3) is 5.27. The van der Waals surface area contributed by atoms with Crippen LogP contribution in [0.1, 0.15) is 53.2 Å². The lowest BCUT2D eigenvalue weighted by Gasteiger charge is -2.29. The molecule has 2 atom stereocenters. The van der Waals surface area contributed by atoms with E-state index in [4.69, 9.17) is 9.47 Å². The van der Waals surface area contributed by atoms with Crippen LogP contribution >= 0.6 is 0 Å². The van der Waals surface area contributed by atoms with Crippen molar-refractivity contribution in [3.05, 3.63) is 58.7 Å². The van der Waals surface area contributed by atoms with Gasteiger partial charge in [-0.3, -0.25) is 9.59 Å². The van der Waals surface area contributed by atoms with Gasteiger partial charge in [0.1, 0.15) is 24.0 Å². The summed E-state index contributed by atoms with van der Waals surface area (Å²) in [4.78, 5) is 36.7. The highest BCUT2D eigenvalue weighted by Crippen LogP contribution is 2.37. The van der Waals surface area contributed by atoms with E-state index in [9.17, 15) is 23.2 Å². The maximum Gasteiger partial charge on any atom is 0.407 e. The molecule has 10 heteroatoms. The molecule has 0 radical (unpaired) electrons. The summed E-state index contributed by atoms with van der Waals surface area (Å²) in [5.74, 6) is -1.63. The quantitative estimate of drug-likeness (QED) is 0.614. The highest BCUT2D eigenvalue weighted by molar-refractivity contribution is 6.06. The van der Waals surface area contributed by atoms with Crippen molar-refractivity contribution in [2.75, 3.05) is 18.5 Å². The van der Waals surface area contributed by atoms with Crippen molar-refractivity contribution in [3.8, 4) is 5.75 Å². The highest BCUT2D eigenvalue weighted by Gasteiger charge is 2.31. The number of ether oxygens (including phenoxy) is 2. The number of hydrogen-bond donors (Lipinski definition) is 3. The molecule has 0 spiro atoms. The Hall–Kier alpha value is -3.69. The molecule has 4 rings (SSSR count). The molecule has 0 aromatic heterocycles. The first-order chi connectivity index (χ1) is 16.3. The van der Waals surface area contributed by atoms with E-state index in [2.05, 4.69) is 16.0 Å². The van der Waals surface area contributed by atoms with E-state index in [-0.39, 0.29) is 48.5 Å². The van der Waals surface area contributed by atoms with Gasteiger partial charge in [0.25, 0.3) is 5.91 Å². The van der Waals surface area contributed by atoms with Gasteiger partial charge in [-0.15, -0.1) is 0 Å². The number of amides is 3. The first kappa shape index (κ1) is 23.5. The van der Waals surface area contributed by atoms with Crippen LogP contribution in [0, 0.1) is 18.6 Å². The number of alkyl carbamates (subject to hydrolysis) is 1. The number of hydrogen-bond acceptors (Lipinski definition) is 5. The monoisotopic (exact) mass is 473 g/mol. The summed E-state index contributed by atoms with van der Waals surface area (Å²) in [5, 5.41) is 8.04. The van der Waals surface area contributed by atoms with E-state index in [0.29, 0.717) is 24.1 Å². The second-order valence-electron chi connectivity index (χ2n) is 8.35. The molecule has 34 heavy (non-hydrogen) atoms. The third-order valence-corrected chi connectivity index (χ3v) is 5.83. The van der Waals surface area contributed by atoms with Crippen LogP contribution in [0.3, 0.4) is 0 Å². The molecule has 2 aliphatic rings. The topological polar surface area (TPSA) is 106 Å². The number of anilines is 1. The van der Waals surface area contributed by atoms with E-state index < -0.39 is 29.7 Å². The van der Waals surface area contributed by atoms with E-state index in [1.54, 1.807) is 6.92 Å². The molecule has 3 N–H and O–H groups in total. The van der Waals surface area contributed by atoms with E-state index in [0.717, 1.165) is 12.5 Å². The summed E-state index contributed by atoms with van der Waals surface area (Å²) in [7, 11) is 0. The minimum atomic E-state index is -0.766. The highest BCUT2D eigenvalue weighted by atomic mass is 19.1. The van der Waals surface area contributed by atoms with Gasteiger partial charge in [0.2, 0.25) is 5.91 Å². The number of rotatable bonds is 5. The summed E-state index contributed by atoms with van der Waals surface area (Å²) in [6.45, 7) is 1.73. The molecule has 180 valence electrons. The predicted molar refractivity (Wildman–Crippen MR) is 119 cm³/mol. The predicted octanol–water partition coefficient (Wildman–Crippen LogP) is 3.74. The minimum Gasteiger partial charge on any atom is -0.492 e. The number of fused-ring (bicyclic) bond motifs is 1. The van der Waals surface area contributed by atoms with Crippen molar-refractivity contribution >= 4 is 23.6 Å². The van der Waals surface area contributed by atoms with Gasteiger partial charge in [0.05, 0.1) is 29.8 Å². The molecule has 2 aromatic rings. The Labute approximate surface area is 195 Å². The third-order valence-electron chi connectivity index (χ3n) is 5.83. The lowest BCUT2D eigenvalue weighted by atomic mass is 9.96. The fourth-order valence-corrected chi connectivity index (χ4v) is 4.09. The molecule has 1 fully saturated rings. The fraction of sp³-hybridized carbons (Fsp3) is 0.375. The Balaban J connectivity index is 1.46. The lowest BCUT2D eigenvalue weighted by molar-refractivity contribution is -0.123. The summed E-state index contributed by atoms with van der Waals surface area (Å²) < 4.78 is 39.1. The number of carbonyl (C=O) groups excluding carboxylic acids is 3. The van der Waals surface area contributed by atoms with Crippen molar-refractivity contribution in [2.24, 2.45) is 0 Å². The number of nitrogens with one attached hydrogen (secondary N) is 3. The van der Waals surface area contributed by atoms with Gasteiger partial charge in [0.15, 0.2) is 0 Å². The van der Waals surface area contributed by atoms with Gasteiger partial charge < -0.3 is 25.4 Å². The minimum absolute atomic E-state index is 0.00959. The summed E-state index contributed by atoms with van der Waals surface area (Å²) in [6.07, 6.45) is 1.41. The number of aryl methyl sites for hydroxylation is 1. The number of benzene rings is 2. The SMILES string of the molecule is Cc1cc(NC(=O)c2ccc(F)c3c2OCC[C@@H]3NC(=O)OC[C@H]2CCCC(=O)N2)ccc1F. The van der Waals surface area contributed by atoms with Gasteiger partial charge in [0, 0.05) is 18.5 Å². The summed E-state index contributed by atoms with van der Waals surface area (Å²) >= 11 is 0. The van der Waals surface area contributed by atoms with Crippen molar-refractivity contribution in [3.63, 3.8) is 0 Å². The normalized spacial score (nSPS) is 19.3. The van der Waals surface area contributed by atoms with Crippen molar-refractivity contribution < 1.29 is 32.6 Å². The Kier molecular flexibility index (Phi) is 6.95. The number of halogens is 2. The van der Waals surface area contributed by atoms with Gasteiger partial charge in [-0.05, 0) is 55.7 Å². The molecule has 1 saturated heterocycles. The van der Waals surface area contributed by atoms with Crippen molar-refractivity contribution in [2.45, 2.75) is 44.7 Å². The van der Waals surface area contributed by atoms with Gasteiger partial charge >= 0.3 is 6.09 Å². The maximum atomic E-state index is 14.8. The maximum absolute atomic E-state index is 14.8. The van der Waals surface area contributed by atoms with Crippen molar-refractivity contribution in [1.29, 1.82) is 0 Å². The van der Waals surface area contributed by atoms with E-state index in [1.165, 1.54) is 24.3 Å². The number of piperidine rings is 1. The van der Waals surface area contributed by atoms with Gasteiger partial charge in [-0.25, -0.2) is 13.6 Å². The van der Waals surface area contributed by atoms with Crippen LogP contribution in [-0.2, 0) is 9.53 Å². The second-order valence-corrected chi connectivity index (χ2v) is 8.35. The van der Waals surface area contributed by atoms with Crippen LogP contribution < -0.4 is 20.7 Å². The Morgan fingerprint density at radius 1 is 1.18 bits per heavy atom. The molecular weight excluding hydrogens is 448 g/mol. The van der Waals surface area contributed by atoms with Crippen LogP contribution in [-0.4, -0.2) is 37.2 Å². The zero-order valence-corrected chi connectivity index (χ0v) is 18.6. The summed E-state index contributed by atoms with van der Waals surface area (Å²) in [5.41, 5.74) is 0.886. The van der Waals surface area contributed by atoms with E-state index >= 15 is 0 Å². The molecule has 0 aliphatic carbocycles. The zero-order chi connectivity index (χ0) is 24.2. The molecule has 2 heterocycles. The molecule has 8 nitrogen and oxygen atoms in total. The van der Waals surface area contributed by atoms with Crippen LogP contribution in [0.15, 0.2) is 30.3 Å². The van der Waals surface area contributed by atoms with Crippen molar-refractivity contribution in [1.82, 2.24) is 10.6 Å². The average Bonchev–Trinajstić information content (AvgIpc) is 2.80. The Bertz CT molecular complexity index is 1120. The molecular formula is C24H25F2N3O5. The lowest BCUT2D eigenvalue weighted by Crippen LogP contribution is -2.43.